The van der Waals surface area contributed by atoms with Gasteiger partial charge in [0.05, 0.1) is 5.56 Å². The summed E-state index contributed by atoms with van der Waals surface area (Å²) < 4.78 is 5.70. The Kier molecular flexibility index (Phi) is 3.10. The van der Waals surface area contributed by atoms with Gasteiger partial charge in [0, 0.05) is 0 Å². The van der Waals surface area contributed by atoms with E-state index < -0.39 is 0 Å². The largest absolute Gasteiger partial charge is 0.457 e. The standard InChI is InChI=1S/C14H14N2O/c1-10-6-8-11(9-7-10)17-13-5-3-2-4-12(13)14(15)16/h2-9H,1H3,(H3,15,16). The Labute approximate surface area is 100 Å². The van der Waals surface area contributed by atoms with Crippen molar-refractivity contribution in [1.82, 2.24) is 0 Å². The lowest BCUT2D eigenvalue weighted by Crippen LogP contribution is -2.12. The molecule has 0 bridgehead atoms. The van der Waals surface area contributed by atoms with Gasteiger partial charge < -0.3 is 10.5 Å². The van der Waals surface area contributed by atoms with Crippen LogP contribution in [0, 0.1) is 12.3 Å². The highest BCUT2D eigenvalue weighted by molar-refractivity contribution is 5.97. The van der Waals surface area contributed by atoms with Crippen LogP contribution in [0.15, 0.2) is 48.5 Å². The van der Waals surface area contributed by atoms with Gasteiger partial charge in [-0.1, -0.05) is 29.8 Å². The topological polar surface area (TPSA) is 59.1 Å². The van der Waals surface area contributed by atoms with Crippen LogP contribution in [0.4, 0.5) is 0 Å². The lowest BCUT2D eigenvalue weighted by molar-refractivity contribution is 0.481. The van der Waals surface area contributed by atoms with E-state index in [-0.39, 0.29) is 5.84 Å². The third-order valence-corrected chi connectivity index (χ3v) is 2.43. The molecule has 86 valence electrons. The molecule has 0 aliphatic heterocycles. The van der Waals surface area contributed by atoms with Crippen molar-refractivity contribution in [2.24, 2.45) is 5.73 Å². The summed E-state index contributed by atoms with van der Waals surface area (Å²) in [6.07, 6.45) is 0. The molecule has 0 aliphatic rings. The van der Waals surface area contributed by atoms with Crippen molar-refractivity contribution >= 4 is 5.84 Å². The van der Waals surface area contributed by atoms with Gasteiger partial charge in [0.15, 0.2) is 0 Å². The summed E-state index contributed by atoms with van der Waals surface area (Å²) in [5.41, 5.74) is 7.28. The Balaban J connectivity index is 2.30. The summed E-state index contributed by atoms with van der Waals surface area (Å²) in [5.74, 6) is 1.35. The predicted octanol–water partition coefficient (Wildman–Crippen LogP) is 3.07. The first-order valence-corrected chi connectivity index (χ1v) is 5.35. The van der Waals surface area contributed by atoms with Crippen molar-refractivity contribution in [3.8, 4) is 11.5 Å². The molecule has 0 amide bonds. The fraction of sp³-hybridized carbons (Fsp3) is 0.0714. The molecular formula is C14H14N2O. The maximum absolute atomic E-state index is 7.47. The summed E-state index contributed by atoms with van der Waals surface area (Å²) in [4.78, 5) is 0. The zero-order valence-corrected chi connectivity index (χ0v) is 9.60. The van der Waals surface area contributed by atoms with Gasteiger partial charge in [0.2, 0.25) is 0 Å². The zero-order valence-electron chi connectivity index (χ0n) is 9.60. The fourth-order valence-electron chi connectivity index (χ4n) is 1.51. The molecule has 2 rings (SSSR count). The second-order valence-corrected chi connectivity index (χ2v) is 3.82. The van der Waals surface area contributed by atoms with Gasteiger partial charge in [0.1, 0.15) is 17.3 Å². The van der Waals surface area contributed by atoms with Gasteiger partial charge >= 0.3 is 0 Å². The summed E-state index contributed by atoms with van der Waals surface area (Å²) in [7, 11) is 0. The molecule has 3 heteroatoms. The number of nitrogen functional groups attached to an aromatic ring is 1. The molecule has 17 heavy (non-hydrogen) atoms. The molecule has 2 aromatic rings. The molecule has 0 unspecified atom stereocenters. The summed E-state index contributed by atoms with van der Waals surface area (Å²) in [6.45, 7) is 2.02. The van der Waals surface area contributed by atoms with Crippen molar-refractivity contribution in [3.05, 3.63) is 59.7 Å². The lowest BCUT2D eigenvalue weighted by atomic mass is 10.2. The minimum Gasteiger partial charge on any atom is -0.457 e. The molecule has 0 saturated heterocycles. The Morgan fingerprint density at radius 2 is 1.71 bits per heavy atom. The molecule has 2 aromatic carbocycles. The van der Waals surface area contributed by atoms with Crippen molar-refractivity contribution in [2.45, 2.75) is 6.92 Å². The monoisotopic (exact) mass is 226 g/mol. The molecule has 0 aliphatic carbocycles. The van der Waals surface area contributed by atoms with Crippen LogP contribution in [-0.4, -0.2) is 5.84 Å². The second kappa shape index (κ2) is 4.70. The van der Waals surface area contributed by atoms with Crippen molar-refractivity contribution in [2.75, 3.05) is 0 Å². The minimum atomic E-state index is 0.00714. The quantitative estimate of drug-likeness (QED) is 0.624. The average Bonchev–Trinajstić information content (AvgIpc) is 2.32. The first kappa shape index (κ1) is 11.2. The van der Waals surface area contributed by atoms with Crippen molar-refractivity contribution in [1.29, 1.82) is 5.41 Å². The third-order valence-electron chi connectivity index (χ3n) is 2.43. The SMILES string of the molecule is Cc1ccc(Oc2ccccc2C(=N)N)cc1. The number of ether oxygens (including phenoxy) is 1. The Morgan fingerprint density at radius 1 is 1.06 bits per heavy atom. The zero-order chi connectivity index (χ0) is 12.3. The van der Waals surface area contributed by atoms with Crippen LogP contribution in [0.1, 0.15) is 11.1 Å². The number of nitrogens with one attached hydrogen (secondary N) is 1. The molecule has 3 nitrogen and oxygen atoms in total. The number of benzene rings is 2. The highest BCUT2D eigenvalue weighted by Gasteiger charge is 2.06. The summed E-state index contributed by atoms with van der Waals surface area (Å²) in [5, 5.41) is 7.47. The number of hydrogen-bond donors (Lipinski definition) is 2. The van der Waals surface area contributed by atoms with Crippen LogP contribution in [0.3, 0.4) is 0 Å². The van der Waals surface area contributed by atoms with Crippen LogP contribution in [0.25, 0.3) is 0 Å². The van der Waals surface area contributed by atoms with Gasteiger partial charge in [-0.3, -0.25) is 5.41 Å². The van der Waals surface area contributed by atoms with E-state index in [1.807, 2.05) is 43.3 Å². The van der Waals surface area contributed by atoms with E-state index in [9.17, 15) is 0 Å². The van der Waals surface area contributed by atoms with Crippen LogP contribution in [-0.2, 0) is 0 Å². The first-order valence-electron chi connectivity index (χ1n) is 5.35. The summed E-state index contributed by atoms with van der Waals surface area (Å²) in [6, 6.07) is 15.0. The van der Waals surface area contributed by atoms with Gasteiger partial charge in [0.25, 0.3) is 0 Å². The van der Waals surface area contributed by atoms with E-state index in [1.165, 1.54) is 5.56 Å². The average molecular weight is 226 g/mol. The number of para-hydroxylation sites is 1. The maximum Gasteiger partial charge on any atom is 0.138 e. The highest BCUT2D eigenvalue weighted by atomic mass is 16.5. The van der Waals surface area contributed by atoms with Crippen LogP contribution in [0.5, 0.6) is 11.5 Å². The van der Waals surface area contributed by atoms with Crippen molar-refractivity contribution < 1.29 is 4.74 Å². The fourth-order valence-corrected chi connectivity index (χ4v) is 1.51. The van der Waals surface area contributed by atoms with E-state index in [1.54, 1.807) is 12.1 Å². The van der Waals surface area contributed by atoms with Crippen LogP contribution < -0.4 is 10.5 Å². The van der Waals surface area contributed by atoms with Crippen molar-refractivity contribution in [3.63, 3.8) is 0 Å². The lowest BCUT2D eigenvalue weighted by Gasteiger charge is -2.09. The van der Waals surface area contributed by atoms with Gasteiger partial charge in [-0.2, -0.15) is 0 Å². The third kappa shape index (κ3) is 2.64. The van der Waals surface area contributed by atoms with E-state index in [4.69, 9.17) is 15.9 Å². The van der Waals surface area contributed by atoms with Gasteiger partial charge in [-0.15, -0.1) is 0 Å². The van der Waals surface area contributed by atoms with E-state index >= 15 is 0 Å². The van der Waals surface area contributed by atoms with E-state index in [2.05, 4.69) is 0 Å². The first-order chi connectivity index (χ1) is 8.16. The van der Waals surface area contributed by atoms with Gasteiger partial charge in [-0.05, 0) is 31.2 Å². The van der Waals surface area contributed by atoms with Gasteiger partial charge in [-0.25, -0.2) is 0 Å². The second-order valence-electron chi connectivity index (χ2n) is 3.82. The smallest absolute Gasteiger partial charge is 0.138 e. The normalized spacial score (nSPS) is 9.94. The highest BCUT2D eigenvalue weighted by Crippen LogP contribution is 2.24. The number of nitrogens with two attached hydrogens (primary N) is 1. The molecule has 0 spiro atoms. The predicted molar refractivity (Wildman–Crippen MR) is 68.7 cm³/mol. The molecule has 0 atom stereocenters. The number of rotatable bonds is 3. The summed E-state index contributed by atoms with van der Waals surface area (Å²) >= 11 is 0. The molecule has 0 fully saturated rings. The minimum absolute atomic E-state index is 0.00714. The Bertz CT molecular complexity index is 532. The molecule has 0 aromatic heterocycles. The number of hydrogen-bond acceptors (Lipinski definition) is 2. The molecule has 0 heterocycles. The number of aryl methyl sites for hydroxylation is 1. The van der Waals surface area contributed by atoms with Crippen LogP contribution in [0.2, 0.25) is 0 Å². The molecular weight excluding hydrogens is 212 g/mol. The molecule has 3 N–H and O–H groups in total. The number of amidine groups is 1. The Morgan fingerprint density at radius 3 is 2.35 bits per heavy atom. The van der Waals surface area contributed by atoms with E-state index in [0.29, 0.717) is 11.3 Å². The Hall–Kier alpha value is -2.29. The molecule has 0 radical (unpaired) electrons. The van der Waals surface area contributed by atoms with Crippen LogP contribution >= 0.6 is 0 Å². The maximum atomic E-state index is 7.47. The van der Waals surface area contributed by atoms with E-state index in [0.717, 1.165) is 5.75 Å². The molecule has 0 saturated carbocycles.